The van der Waals surface area contributed by atoms with Crippen LogP contribution in [0.4, 0.5) is 14.5 Å². The first-order valence-corrected chi connectivity index (χ1v) is 10.2. The molecule has 0 atom stereocenters. The maximum atomic E-state index is 12.5. The van der Waals surface area contributed by atoms with E-state index in [1.54, 1.807) is 0 Å². The van der Waals surface area contributed by atoms with E-state index in [1.165, 1.54) is 42.5 Å². The molecule has 0 saturated heterocycles. The Kier molecular flexibility index (Phi) is 5.78. The van der Waals surface area contributed by atoms with Gasteiger partial charge in [-0.3, -0.25) is 4.79 Å². The van der Waals surface area contributed by atoms with Crippen molar-refractivity contribution < 1.29 is 26.7 Å². The number of carbonyl (C=O) groups is 1. The van der Waals surface area contributed by atoms with Gasteiger partial charge in [0, 0.05) is 16.2 Å². The number of benzene rings is 2. The molecule has 1 amide bonds. The number of amides is 1. The second-order valence-corrected chi connectivity index (χ2v) is 8.46. The Morgan fingerprint density at radius 2 is 1.81 bits per heavy atom. The zero-order valence-corrected chi connectivity index (χ0v) is 16.2. The largest absolute Gasteiger partial charge is 0.435 e. The van der Waals surface area contributed by atoms with Crippen molar-refractivity contribution in [1.82, 2.24) is 4.72 Å². The predicted molar refractivity (Wildman–Crippen MR) is 98.5 cm³/mol. The van der Waals surface area contributed by atoms with Gasteiger partial charge < -0.3 is 10.1 Å². The summed E-state index contributed by atoms with van der Waals surface area (Å²) < 4.78 is 56.2. The van der Waals surface area contributed by atoms with Gasteiger partial charge in [0.15, 0.2) is 0 Å². The minimum atomic E-state index is -3.70. The van der Waals surface area contributed by atoms with Gasteiger partial charge in [-0.2, -0.15) is 8.78 Å². The maximum absolute atomic E-state index is 12.5. The Morgan fingerprint density at radius 1 is 1.15 bits per heavy atom. The lowest BCUT2D eigenvalue weighted by atomic mass is 10.2. The van der Waals surface area contributed by atoms with Crippen LogP contribution in [0.3, 0.4) is 0 Å². The van der Waals surface area contributed by atoms with Crippen molar-refractivity contribution in [2.75, 3.05) is 5.32 Å². The van der Waals surface area contributed by atoms with Gasteiger partial charge in [-0.05, 0) is 71.2 Å². The second-order valence-electron chi connectivity index (χ2n) is 5.89. The molecule has 1 saturated carbocycles. The number of ether oxygens (including phenoxy) is 1. The van der Waals surface area contributed by atoms with Crippen LogP contribution in [0.15, 0.2) is 51.8 Å². The fourth-order valence-electron chi connectivity index (χ4n) is 2.25. The molecule has 3 rings (SSSR count). The van der Waals surface area contributed by atoms with E-state index < -0.39 is 22.5 Å². The predicted octanol–water partition coefficient (Wildman–Crippen LogP) is 3.74. The molecule has 0 aromatic heterocycles. The van der Waals surface area contributed by atoms with Gasteiger partial charge in [0.2, 0.25) is 10.0 Å². The van der Waals surface area contributed by atoms with Gasteiger partial charge in [-0.15, -0.1) is 0 Å². The molecule has 1 aliphatic rings. The lowest BCUT2D eigenvalue weighted by Gasteiger charge is -2.11. The third-order valence-electron chi connectivity index (χ3n) is 3.73. The summed E-state index contributed by atoms with van der Waals surface area (Å²) in [6.45, 7) is -2.93. The van der Waals surface area contributed by atoms with E-state index in [0.29, 0.717) is 10.2 Å². The summed E-state index contributed by atoms with van der Waals surface area (Å²) in [5.41, 5.74) is 0.472. The van der Waals surface area contributed by atoms with Crippen molar-refractivity contribution in [3.8, 4) is 5.75 Å². The number of anilines is 1. The van der Waals surface area contributed by atoms with E-state index in [0.717, 1.165) is 12.8 Å². The highest BCUT2D eigenvalue weighted by Gasteiger charge is 2.28. The number of carbonyl (C=O) groups excluding carboxylic acids is 1. The van der Waals surface area contributed by atoms with Crippen molar-refractivity contribution in [2.24, 2.45) is 0 Å². The van der Waals surface area contributed by atoms with Crippen LogP contribution in [0.2, 0.25) is 0 Å². The number of halogens is 3. The van der Waals surface area contributed by atoms with Crippen LogP contribution in [0.25, 0.3) is 0 Å². The van der Waals surface area contributed by atoms with Crippen LogP contribution in [0, 0.1) is 0 Å². The van der Waals surface area contributed by atoms with E-state index in [1.807, 2.05) is 0 Å². The molecule has 1 fully saturated rings. The zero-order chi connectivity index (χ0) is 19.6. The summed E-state index contributed by atoms with van der Waals surface area (Å²) in [5, 5.41) is 2.58. The molecule has 0 unspecified atom stereocenters. The Morgan fingerprint density at radius 3 is 2.41 bits per heavy atom. The first-order valence-electron chi connectivity index (χ1n) is 7.93. The van der Waals surface area contributed by atoms with Crippen LogP contribution >= 0.6 is 15.9 Å². The minimum absolute atomic E-state index is 0.0107. The topological polar surface area (TPSA) is 84.5 Å². The number of rotatable bonds is 7. The van der Waals surface area contributed by atoms with Crippen LogP contribution in [0.1, 0.15) is 23.2 Å². The first-order chi connectivity index (χ1) is 12.7. The molecule has 0 spiro atoms. The second kappa shape index (κ2) is 7.91. The van der Waals surface area contributed by atoms with Crippen molar-refractivity contribution >= 4 is 37.5 Å². The third kappa shape index (κ3) is 5.24. The monoisotopic (exact) mass is 460 g/mol. The highest BCUT2D eigenvalue weighted by molar-refractivity contribution is 9.10. The maximum Gasteiger partial charge on any atom is 0.387 e. The van der Waals surface area contributed by atoms with Crippen molar-refractivity contribution in [3.63, 3.8) is 0 Å². The standard InChI is InChI=1S/C17H15BrF2N2O4S/c18-15-8-7-13(27(24,25)22-11-1-2-11)9-14(15)16(23)21-10-3-5-12(6-4-10)26-17(19)20/h3-9,11,17,22H,1-2H2,(H,21,23). The molecule has 1 aliphatic carbocycles. The number of hydrogen-bond acceptors (Lipinski definition) is 4. The number of alkyl halides is 2. The number of nitrogens with one attached hydrogen (secondary N) is 2. The molecular weight excluding hydrogens is 446 g/mol. The van der Waals surface area contributed by atoms with Gasteiger partial charge in [-0.1, -0.05) is 0 Å². The van der Waals surface area contributed by atoms with E-state index >= 15 is 0 Å². The van der Waals surface area contributed by atoms with Crippen molar-refractivity contribution in [2.45, 2.75) is 30.4 Å². The first kappa shape index (κ1) is 19.7. The third-order valence-corrected chi connectivity index (χ3v) is 5.94. The SMILES string of the molecule is O=C(Nc1ccc(OC(F)F)cc1)c1cc(S(=O)(=O)NC2CC2)ccc1Br. The van der Waals surface area contributed by atoms with E-state index in [-0.39, 0.29) is 22.3 Å². The Hall–Kier alpha value is -2.04. The van der Waals surface area contributed by atoms with E-state index in [9.17, 15) is 22.0 Å². The van der Waals surface area contributed by atoms with Crippen LogP contribution in [-0.4, -0.2) is 27.0 Å². The van der Waals surface area contributed by atoms with E-state index in [4.69, 9.17) is 0 Å². The average molecular weight is 461 g/mol. The summed E-state index contributed by atoms with van der Waals surface area (Å²) in [7, 11) is -3.70. The molecule has 27 heavy (non-hydrogen) atoms. The molecule has 10 heteroatoms. The molecule has 0 radical (unpaired) electrons. The van der Waals surface area contributed by atoms with Gasteiger partial charge >= 0.3 is 6.61 Å². The van der Waals surface area contributed by atoms with Crippen LogP contribution in [0.5, 0.6) is 5.75 Å². The van der Waals surface area contributed by atoms with Gasteiger partial charge in [0.25, 0.3) is 5.91 Å². The summed E-state index contributed by atoms with van der Waals surface area (Å²) in [6, 6.07) is 9.49. The highest BCUT2D eigenvalue weighted by atomic mass is 79.9. The Labute approximate surface area is 163 Å². The smallest absolute Gasteiger partial charge is 0.387 e. The molecule has 0 aliphatic heterocycles. The summed E-state index contributed by atoms with van der Waals surface area (Å²) in [4.78, 5) is 12.5. The Balaban J connectivity index is 1.76. The molecule has 0 bridgehead atoms. The van der Waals surface area contributed by atoms with Gasteiger partial charge in [0.1, 0.15) is 5.75 Å². The lowest BCUT2D eigenvalue weighted by molar-refractivity contribution is -0.0498. The molecule has 2 aromatic rings. The summed E-state index contributed by atoms with van der Waals surface area (Å²) in [6.07, 6.45) is 1.60. The van der Waals surface area contributed by atoms with Crippen LogP contribution in [-0.2, 0) is 10.0 Å². The van der Waals surface area contributed by atoms with Crippen molar-refractivity contribution in [3.05, 3.63) is 52.5 Å². The minimum Gasteiger partial charge on any atom is -0.435 e. The van der Waals surface area contributed by atoms with Crippen LogP contribution < -0.4 is 14.8 Å². The Bertz CT molecular complexity index is 948. The average Bonchev–Trinajstić information content (AvgIpc) is 3.39. The molecule has 144 valence electrons. The number of sulfonamides is 1. The van der Waals surface area contributed by atoms with E-state index in [2.05, 4.69) is 30.7 Å². The quantitative estimate of drug-likeness (QED) is 0.658. The normalized spacial score (nSPS) is 14.2. The zero-order valence-electron chi connectivity index (χ0n) is 13.8. The highest BCUT2D eigenvalue weighted by Crippen LogP contribution is 2.26. The van der Waals surface area contributed by atoms with Gasteiger partial charge in [0.05, 0.1) is 10.5 Å². The summed E-state index contributed by atoms with van der Waals surface area (Å²) >= 11 is 3.23. The molecule has 0 heterocycles. The lowest BCUT2D eigenvalue weighted by Crippen LogP contribution is -2.26. The molecule has 2 N–H and O–H groups in total. The summed E-state index contributed by atoms with van der Waals surface area (Å²) in [5.74, 6) is -0.587. The number of hydrogen-bond donors (Lipinski definition) is 2. The molecule has 2 aromatic carbocycles. The van der Waals surface area contributed by atoms with Gasteiger partial charge in [-0.25, -0.2) is 13.1 Å². The molecule has 6 nitrogen and oxygen atoms in total. The molecular formula is C17H15BrF2N2O4S. The fraction of sp³-hybridized carbons (Fsp3) is 0.235. The van der Waals surface area contributed by atoms with Crippen molar-refractivity contribution in [1.29, 1.82) is 0 Å². The fourth-order valence-corrected chi connectivity index (χ4v) is 4.01.